The Hall–Kier alpha value is -1.88. The topological polar surface area (TPSA) is 62.2 Å². The van der Waals surface area contributed by atoms with Crippen molar-refractivity contribution in [3.05, 3.63) is 46.4 Å². The predicted molar refractivity (Wildman–Crippen MR) is 70.6 cm³/mol. The number of nitrogens with zero attached hydrogens (tertiary/aromatic N) is 1. The monoisotopic (exact) mass is 262 g/mol. The van der Waals surface area contributed by atoms with Gasteiger partial charge in [-0.2, -0.15) is 0 Å². The van der Waals surface area contributed by atoms with E-state index in [1.165, 1.54) is 0 Å². The van der Waals surface area contributed by atoms with Crippen LogP contribution in [0.4, 0.5) is 0 Å². The second-order valence-electron chi connectivity index (χ2n) is 3.92. The first-order chi connectivity index (χ1) is 8.74. The van der Waals surface area contributed by atoms with Gasteiger partial charge < -0.3 is 10.4 Å². The number of carbonyl (C=O) groups is 1. The van der Waals surface area contributed by atoms with Gasteiger partial charge >= 0.3 is 0 Å². The summed E-state index contributed by atoms with van der Waals surface area (Å²) in [6.45, 7) is 0.598. The predicted octanol–water partition coefficient (Wildman–Crippen LogP) is 1.75. The van der Waals surface area contributed by atoms with E-state index in [0.717, 1.165) is 17.7 Å². The lowest BCUT2D eigenvalue weighted by atomic mass is 10.1. The van der Waals surface area contributed by atoms with Crippen molar-refractivity contribution in [2.24, 2.45) is 0 Å². The molecule has 4 nitrogen and oxygen atoms in total. The minimum atomic E-state index is -0.0177. The van der Waals surface area contributed by atoms with E-state index >= 15 is 0 Å². The SMILES string of the molecule is O=C(Cc1ccc(O)cc1)NCCc1cscn1. The van der Waals surface area contributed by atoms with Crippen molar-refractivity contribution in [2.45, 2.75) is 12.8 Å². The van der Waals surface area contributed by atoms with Crippen LogP contribution in [-0.2, 0) is 17.6 Å². The van der Waals surface area contributed by atoms with E-state index < -0.39 is 0 Å². The molecular formula is C13H14N2O2S. The van der Waals surface area contributed by atoms with Crippen LogP contribution in [0.15, 0.2) is 35.2 Å². The van der Waals surface area contributed by atoms with Crippen LogP contribution in [0.1, 0.15) is 11.3 Å². The summed E-state index contributed by atoms with van der Waals surface area (Å²) in [5.74, 6) is 0.193. The Morgan fingerprint density at radius 1 is 1.33 bits per heavy atom. The number of aromatic nitrogens is 1. The van der Waals surface area contributed by atoms with Gasteiger partial charge in [-0.3, -0.25) is 4.79 Å². The molecule has 2 aromatic rings. The fraction of sp³-hybridized carbons (Fsp3) is 0.231. The molecule has 0 atom stereocenters. The normalized spacial score (nSPS) is 10.2. The van der Waals surface area contributed by atoms with Crippen LogP contribution in [0, 0.1) is 0 Å². The number of aromatic hydroxyl groups is 1. The van der Waals surface area contributed by atoms with Gasteiger partial charge in [-0.25, -0.2) is 4.98 Å². The largest absolute Gasteiger partial charge is 0.508 e. The van der Waals surface area contributed by atoms with Crippen molar-refractivity contribution in [3.63, 3.8) is 0 Å². The van der Waals surface area contributed by atoms with Gasteiger partial charge in [0.25, 0.3) is 0 Å². The van der Waals surface area contributed by atoms with Gasteiger partial charge in [0, 0.05) is 18.3 Å². The molecule has 1 heterocycles. The summed E-state index contributed by atoms with van der Waals surface area (Å²) in [7, 11) is 0. The van der Waals surface area contributed by atoms with Crippen LogP contribution in [0.2, 0.25) is 0 Å². The first-order valence-electron chi connectivity index (χ1n) is 5.66. The zero-order chi connectivity index (χ0) is 12.8. The molecule has 0 aliphatic rings. The molecular weight excluding hydrogens is 248 g/mol. The molecule has 5 heteroatoms. The van der Waals surface area contributed by atoms with Gasteiger partial charge in [0.2, 0.25) is 5.91 Å². The molecule has 1 aromatic carbocycles. The minimum absolute atomic E-state index is 0.0177. The fourth-order valence-electron chi connectivity index (χ4n) is 1.55. The Balaban J connectivity index is 1.73. The smallest absolute Gasteiger partial charge is 0.224 e. The van der Waals surface area contributed by atoms with Crippen LogP contribution in [0.3, 0.4) is 0 Å². The number of phenolic OH excluding ortho intramolecular Hbond substituents is 1. The highest BCUT2D eigenvalue weighted by atomic mass is 32.1. The molecule has 0 fully saturated rings. The molecule has 2 rings (SSSR count). The molecule has 18 heavy (non-hydrogen) atoms. The Bertz CT molecular complexity index is 494. The highest BCUT2D eigenvalue weighted by molar-refractivity contribution is 7.07. The molecule has 94 valence electrons. The fourth-order valence-corrected chi connectivity index (χ4v) is 2.15. The summed E-state index contributed by atoms with van der Waals surface area (Å²) >= 11 is 1.55. The van der Waals surface area contributed by atoms with E-state index in [0.29, 0.717) is 13.0 Å². The average molecular weight is 262 g/mol. The van der Waals surface area contributed by atoms with E-state index in [1.54, 1.807) is 41.1 Å². The number of carbonyl (C=O) groups excluding carboxylic acids is 1. The van der Waals surface area contributed by atoms with E-state index in [9.17, 15) is 4.79 Å². The minimum Gasteiger partial charge on any atom is -0.508 e. The third kappa shape index (κ3) is 3.85. The van der Waals surface area contributed by atoms with Crippen molar-refractivity contribution >= 4 is 17.2 Å². The van der Waals surface area contributed by atoms with Crippen LogP contribution >= 0.6 is 11.3 Å². The molecule has 1 amide bonds. The van der Waals surface area contributed by atoms with Crippen molar-refractivity contribution in [1.82, 2.24) is 10.3 Å². The number of phenols is 1. The van der Waals surface area contributed by atoms with Crippen molar-refractivity contribution in [1.29, 1.82) is 0 Å². The van der Waals surface area contributed by atoms with Gasteiger partial charge in [0.15, 0.2) is 0 Å². The molecule has 0 aliphatic carbocycles. The number of hydrogen-bond acceptors (Lipinski definition) is 4. The second-order valence-corrected chi connectivity index (χ2v) is 4.64. The van der Waals surface area contributed by atoms with Crippen molar-refractivity contribution in [3.8, 4) is 5.75 Å². The summed E-state index contributed by atoms with van der Waals surface area (Å²) in [6.07, 6.45) is 1.09. The Morgan fingerprint density at radius 2 is 2.11 bits per heavy atom. The van der Waals surface area contributed by atoms with E-state index in [4.69, 9.17) is 5.11 Å². The third-order valence-electron chi connectivity index (χ3n) is 2.49. The van der Waals surface area contributed by atoms with Crippen molar-refractivity contribution in [2.75, 3.05) is 6.54 Å². The Labute approximate surface area is 109 Å². The summed E-state index contributed by atoms with van der Waals surface area (Å²) in [5, 5.41) is 14.0. The standard InChI is InChI=1S/C13H14N2O2S/c16-12-3-1-10(2-4-12)7-13(17)14-6-5-11-8-18-9-15-11/h1-4,8-9,16H,5-7H2,(H,14,17). The number of benzene rings is 1. The number of thiazole rings is 1. The number of hydrogen-bond donors (Lipinski definition) is 2. The van der Waals surface area contributed by atoms with Gasteiger partial charge in [0.1, 0.15) is 5.75 Å². The summed E-state index contributed by atoms with van der Waals surface area (Å²) < 4.78 is 0. The molecule has 1 aromatic heterocycles. The molecule has 0 saturated heterocycles. The lowest BCUT2D eigenvalue weighted by Crippen LogP contribution is -2.27. The van der Waals surface area contributed by atoms with Gasteiger partial charge in [-0.1, -0.05) is 12.1 Å². The molecule has 0 spiro atoms. The molecule has 0 radical (unpaired) electrons. The zero-order valence-corrected chi connectivity index (χ0v) is 10.6. The number of rotatable bonds is 5. The summed E-state index contributed by atoms with van der Waals surface area (Å²) in [6, 6.07) is 6.65. The molecule has 2 N–H and O–H groups in total. The first kappa shape index (κ1) is 12.6. The van der Waals surface area contributed by atoms with E-state index in [-0.39, 0.29) is 11.7 Å². The van der Waals surface area contributed by atoms with Crippen LogP contribution < -0.4 is 5.32 Å². The zero-order valence-electron chi connectivity index (χ0n) is 9.80. The maximum atomic E-state index is 11.6. The lowest BCUT2D eigenvalue weighted by molar-refractivity contribution is -0.120. The van der Waals surface area contributed by atoms with Gasteiger partial charge in [-0.15, -0.1) is 11.3 Å². The first-order valence-corrected chi connectivity index (χ1v) is 6.60. The average Bonchev–Trinajstić information content (AvgIpc) is 2.85. The molecule has 0 aliphatic heterocycles. The third-order valence-corrected chi connectivity index (χ3v) is 3.12. The molecule has 0 saturated carbocycles. The highest BCUT2D eigenvalue weighted by Crippen LogP contribution is 2.09. The van der Waals surface area contributed by atoms with E-state index in [1.807, 2.05) is 5.38 Å². The van der Waals surface area contributed by atoms with Crippen LogP contribution in [0.25, 0.3) is 0 Å². The maximum absolute atomic E-state index is 11.6. The van der Waals surface area contributed by atoms with Crippen molar-refractivity contribution < 1.29 is 9.90 Å². The maximum Gasteiger partial charge on any atom is 0.224 e. The van der Waals surface area contributed by atoms with Crippen LogP contribution in [-0.4, -0.2) is 22.5 Å². The van der Waals surface area contributed by atoms with Crippen LogP contribution in [0.5, 0.6) is 5.75 Å². The van der Waals surface area contributed by atoms with Gasteiger partial charge in [-0.05, 0) is 17.7 Å². The molecule has 0 bridgehead atoms. The lowest BCUT2D eigenvalue weighted by Gasteiger charge is -2.04. The Morgan fingerprint density at radius 3 is 2.78 bits per heavy atom. The number of amides is 1. The van der Waals surface area contributed by atoms with E-state index in [2.05, 4.69) is 10.3 Å². The summed E-state index contributed by atoms with van der Waals surface area (Å²) in [4.78, 5) is 15.8. The number of nitrogens with one attached hydrogen (secondary N) is 1. The second kappa shape index (κ2) is 6.16. The highest BCUT2D eigenvalue weighted by Gasteiger charge is 2.03. The Kier molecular flexibility index (Phi) is 4.30. The summed E-state index contributed by atoms with van der Waals surface area (Å²) in [5.41, 5.74) is 3.68. The quantitative estimate of drug-likeness (QED) is 0.863. The molecule has 0 unspecified atom stereocenters. The van der Waals surface area contributed by atoms with Gasteiger partial charge in [0.05, 0.1) is 17.6 Å².